The highest BCUT2D eigenvalue weighted by Gasteiger charge is 2.80. The van der Waals surface area contributed by atoms with E-state index in [9.17, 15) is 19.8 Å². The van der Waals surface area contributed by atoms with E-state index in [0.717, 1.165) is 38.7 Å². The molecule has 0 aromatic carbocycles. The zero-order valence-corrected chi connectivity index (χ0v) is 30.5. The van der Waals surface area contributed by atoms with Gasteiger partial charge in [0.25, 0.3) is 0 Å². The number of amides is 1. The van der Waals surface area contributed by atoms with E-state index >= 15 is 0 Å². The maximum Gasteiger partial charge on any atom is 0.303 e. The van der Waals surface area contributed by atoms with Crippen LogP contribution >= 0.6 is 0 Å². The summed E-state index contributed by atoms with van der Waals surface area (Å²) < 4.78 is 25.4. The SMILES string of the molecule is CC(=O)O[C@@H](C1CCC2C(CC3C4CCC5C(C)(C)[C@@H](OC6CCN(C(=O)CO)CCO6)CCC56C[C@@]46CCC23C)O1)C(C)(C)O.CO.[HH]. The van der Waals surface area contributed by atoms with Crippen molar-refractivity contribution in [1.29, 1.82) is 0 Å². The molecule has 2 saturated heterocycles. The minimum Gasteiger partial charge on any atom is -0.457 e. The lowest BCUT2D eigenvalue weighted by molar-refractivity contribution is -0.225. The van der Waals surface area contributed by atoms with Gasteiger partial charge in [-0.1, -0.05) is 20.8 Å². The second kappa shape index (κ2) is 13.0. The molecule has 276 valence electrons. The van der Waals surface area contributed by atoms with E-state index in [4.69, 9.17) is 24.1 Å². The highest BCUT2D eigenvalue weighted by atomic mass is 16.7. The van der Waals surface area contributed by atoms with Gasteiger partial charge < -0.3 is 39.2 Å². The van der Waals surface area contributed by atoms with Gasteiger partial charge in [0.05, 0.1) is 30.5 Å². The number of aliphatic hydroxyl groups is 3. The minimum absolute atomic E-state index is 0. The third kappa shape index (κ3) is 5.76. The van der Waals surface area contributed by atoms with Crippen molar-refractivity contribution < 1.29 is 45.3 Å². The fraction of sp³-hybridized carbons (Fsp3) is 0.947. The van der Waals surface area contributed by atoms with Crippen LogP contribution in [0.2, 0.25) is 0 Å². The number of nitrogens with zero attached hydrogens (tertiary/aromatic N) is 1. The van der Waals surface area contributed by atoms with E-state index < -0.39 is 18.3 Å². The number of aliphatic hydroxyl groups excluding tert-OH is 2. The lowest BCUT2D eigenvalue weighted by atomic mass is 9.46. The lowest BCUT2D eigenvalue weighted by Crippen LogP contribution is -2.55. The van der Waals surface area contributed by atoms with Crippen LogP contribution < -0.4 is 0 Å². The van der Waals surface area contributed by atoms with E-state index in [-0.39, 0.29) is 48.7 Å². The fourth-order valence-corrected chi connectivity index (χ4v) is 13.0. The molecule has 0 radical (unpaired) electrons. The third-order valence-electron chi connectivity index (χ3n) is 15.0. The molecule has 7 rings (SSSR count). The first-order valence-electron chi connectivity index (χ1n) is 18.8. The zero-order chi connectivity index (χ0) is 34.9. The molecule has 10 nitrogen and oxygen atoms in total. The Labute approximate surface area is 289 Å². The maximum atomic E-state index is 12.1. The minimum atomic E-state index is -1.15. The molecule has 5 aliphatic carbocycles. The molecule has 7 aliphatic rings. The molecular formula is C38H65NO9. The van der Waals surface area contributed by atoms with Crippen molar-refractivity contribution in [1.82, 2.24) is 4.90 Å². The lowest BCUT2D eigenvalue weighted by Gasteiger charge is -2.59. The maximum absolute atomic E-state index is 12.1. The second-order valence-corrected chi connectivity index (χ2v) is 17.8. The van der Waals surface area contributed by atoms with Crippen molar-refractivity contribution in [3.8, 4) is 0 Å². The Morgan fingerprint density at radius 2 is 1.69 bits per heavy atom. The number of fused-ring (bicyclic) bond motifs is 4. The van der Waals surface area contributed by atoms with E-state index in [1.807, 2.05) is 0 Å². The smallest absolute Gasteiger partial charge is 0.303 e. The molecule has 2 aliphatic heterocycles. The Balaban J connectivity index is 0.00000153. The number of ether oxygens (including phenoxy) is 4. The summed E-state index contributed by atoms with van der Waals surface area (Å²) in [5.74, 6) is 1.96. The predicted molar refractivity (Wildman–Crippen MR) is 181 cm³/mol. The van der Waals surface area contributed by atoms with Gasteiger partial charge in [0.15, 0.2) is 12.4 Å². The zero-order valence-electron chi connectivity index (χ0n) is 30.5. The van der Waals surface area contributed by atoms with Crippen molar-refractivity contribution in [2.24, 2.45) is 45.3 Å². The standard InChI is InChI=1S/C37H59NO8.CH4O.H2/c1-22(40)44-32(34(4,5)42)26-9-7-24-27(45-26)19-25-23-8-10-28-33(2,3)29(46-31-12-16-38(17-18-43-31)30(41)20-39)11-13-37(28)21-36(23,37)15-14-35(24,25)6;1-2;/h23-29,31-32,39,42H,7-21H2,1-6H3;2H,1H3;1H/t23?,24?,25?,26?,27?,28?,29-,31?,32-,35?,36-,37?;;/m0../s1. The molecule has 1 amide bonds. The van der Waals surface area contributed by atoms with Crippen molar-refractivity contribution in [3.63, 3.8) is 0 Å². The van der Waals surface area contributed by atoms with Crippen LogP contribution in [0, 0.1) is 45.3 Å². The quantitative estimate of drug-likeness (QED) is 0.342. The van der Waals surface area contributed by atoms with Gasteiger partial charge >= 0.3 is 5.97 Å². The van der Waals surface area contributed by atoms with Crippen LogP contribution in [0.25, 0.3) is 0 Å². The summed E-state index contributed by atoms with van der Waals surface area (Å²) in [4.78, 5) is 25.7. The van der Waals surface area contributed by atoms with Gasteiger partial charge in [-0.05, 0) is 123 Å². The molecule has 0 aromatic rings. The van der Waals surface area contributed by atoms with Crippen LogP contribution in [0.5, 0.6) is 0 Å². The van der Waals surface area contributed by atoms with Crippen LogP contribution in [-0.4, -0.2) is 102 Å². The normalized spacial score (nSPS) is 45.0. The van der Waals surface area contributed by atoms with Crippen LogP contribution in [0.1, 0.15) is 114 Å². The number of hydrogen-bond donors (Lipinski definition) is 3. The summed E-state index contributed by atoms with van der Waals surface area (Å²) in [5, 5.41) is 27.2. The highest BCUT2D eigenvalue weighted by molar-refractivity contribution is 5.77. The molecular weight excluding hydrogens is 614 g/mol. The molecule has 0 bridgehead atoms. The second-order valence-electron chi connectivity index (χ2n) is 17.8. The van der Waals surface area contributed by atoms with Crippen molar-refractivity contribution >= 4 is 11.9 Å². The Morgan fingerprint density at radius 1 is 0.958 bits per heavy atom. The van der Waals surface area contributed by atoms with Gasteiger partial charge in [-0.25, -0.2) is 0 Å². The van der Waals surface area contributed by atoms with E-state index in [0.29, 0.717) is 54.7 Å². The fourth-order valence-electron chi connectivity index (χ4n) is 13.0. The monoisotopic (exact) mass is 679 g/mol. The molecule has 2 spiro atoms. The third-order valence-corrected chi connectivity index (χ3v) is 15.0. The first-order valence-corrected chi connectivity index (χ1v) is 18.8. The van der Waals surface area contributed by atoms with Gasteiger partial charge in [0.1, 0.15) is 6.61 Å². The molecule has 10 heteroatoms. The van der Waals surface area contributed by atoms with Crippen LogP contribution in [0.15, 0.2) is 0 Å². The van der Waals surface area contributed by atoms with Crippen LogP contribution in [-0.2, 0) is 28.5 Å². The van der Waals surface area contributed by atoms with Gasteiger partial charge in [-0.15, -0.1) is 0 Å². The highest BCUT2D eigenvalue weighted by Crippen LogP contribution is 2.87. The molecule has 2 heterocycles. The Morgan fingerprint density at radius 3 is 2.38 bits per heavy atom. The van der Waals surface area contributed by atoms with E-state index in [1.165, 1.54) is 45.4 Å². The van der Waals surface area contributed by atoms with Crippen LogP contribution in [0.3, 0.4) is 0 Å². The molecule has 48 heavy (non-hydrogen) atoms. The first-order chi connectivity index (χ1) is 22.7. The predicted octanol–water partition coefficient (Wildman–Crippen LogP) is 4.70. The largest absolute Gasteiger partial charge is 0.457 e. The molecule has 0 aromatic heterocycles. The first kappa shape index (κ1) is 36.5. The molecule has 12 atom stereocenters. The molecule has 5 saturated carbocycles. The average molecular weight is 680 g/mol. The average Bonchev–Trinajstić information content (AvgIpc) is 3.69. The van der Waals surface area contributed by atoms with E-state index in [1.54, 1.807) is 18.7 Å². The number of esters is 1. The van der Waals surface area contributed by atoms with Gasteiger partial charge in [-0.3, -0.25) is 9.59 Å². The van der Waals surface area contributed by atoms with Crippen molar-refractivity contribution in [2.45, 2.75) is 148 Å². The summed E-state index contributed by atoms with van der Waals surface area (Å²) in [6, 6.07) is 0. The number of rotatable bonds is 6. The van der Waals surface area contributed by atoms with Crippen molar-refractivity contribution in [2.75, 3.05) is 33.4 Å². The Bertz CT molecular complexity index is 1210. The molecule has 3 N–H and O–H groups in total. The number of carbonyl (C=O) groups is 2. The number of carbonyl (C=O) groups excluding carboxylic acids is 2. The van der Waals surface area contributed by atoms with Crippen molar-refractivity contribution in [3.05, 3.63) is 0 Å². The summed E-state index contributed by atoms with van der Waals surface area (Å²) in [7, 11) is 1.00. The molecule has 7 fully saturated rings. The Hall–Kier alpha value is -1.30. The van der Waals surface area contributed by atoms with Gasteiger partial charge in [0.2, 0.25) is 5.91 Å². The van der Waals surface area contributed by atoms with Gasteiger partial charge in [0, 0.05) is 35.0 Å². The van der Waals surface area contributed by atoms with E-state index in [2.05, 4.69) is 20.8 Å². The Kier molecular flexibility index (Phi) is 9.91. The summed E-state index contributed by atoms with van der Waals surface area (Å²) in [6.07, 6.45) is 11.5. The summed E-state index contributed by atoms with van der Waals surface area (Å²) >= 11 is 0. The topological polar surface area (TPSA) is 135 Å². The summed E-state index contributed by atoms with van der Waals surface area (Å²) in [5.41, 5.74) is 0.0247. The number of hydrogen-bond acceptors (Lipinski definition) is 9. The molecule has 9 unspecified atom stereocenters. The summed E-state index contributed by atoms with van der Waals surface area (Å²) in [6.45, 7) is 13.4. The van der Waals surface area contributed by atoms with Gasteiger partial charge in [-0.2, -0.15) is 0 Å². The van der Waals surface area contributed by atoms with Crippen LogP contribution in [0.4, 0.5) is 0 Å².